The van der Waals surface area contributed by atoms with Gasteiger partial charge in [-0.05, 0) is 43.2 Å². The average molecular weight is 343 g/mol. The Bertz CT molecular complexity index is 928. The van der Waals surface area contributed by atoms with Crippen LogP contribution in [-0.4, -0.2) is 22.5 Å². The summed E-state index contributed by atoms with van der Waals surface area (Å²) in [5.74, 6) is -1.90. The number of hydrogen-bond acceptors (Lipinski definition) is 3. The second-order valence-electron chi connectivity index (χ2n) is 5.91. The van der Waals surface area contributed by atoms with E-state index in [0.717, 1.165) is 48.4 Å². The molecule has 1 saturated heterocycles. The van der Waals surface area contributed by atoms with Crippen molar-refractivity contribution in [1.82, 2.24) is 9.97 Å². The molecule has 1 aliphatic rings. The van der Waals surface area contributed by atoms with Crippen molar-refractivity contribution in [2.24, 2.45) is 0 Å². The maximum Gasteiger partial charge on any atom is 0.261 e. The van der Waals surface area contributed by atoms with Crippen LogP contribution in [0.2, 0.25) is 0 Å². The van der Waals surface area contributed by atoms with E-state index in [1.165, 1.54) is 6.07 Å². The second kappa shape index (κ2) is 6.25. The molecule has 7 heteroatoms. The fourth-order valence-electron chi connectivity index (χ4n) is 2.96. The number of hydrogen-bond donors (Lipinski definition) is 2. The summed E-state index contributed by atoms with van der Waals surface area (Å²) in [6.07, 6.45) is 1.87. The summed E-state index contributed by atoms with van der Waals surface area (Å²) in [6, 6.07) is 8.35. The Morgan fingerprint density at radius 3 is 2.76 bits per heavy atom. The monoisotopic (exact) mass is 343 g/mol. The van der Waals surface area contributed by atoms with E-state index in [0.29, 0.717) is 5.69 Å². The predicted molar refractivity (Wildman–Crippen MR) is 88.3 cm³/mol. The predicted octanol–water partition coefficient (Wildman–Crippen LogP) is 3.94. The molecule has 1 unspecified atom stereocenters. The largest absolute Gasteiger partial charge is 0.370 e. The molecule has 1 amide bonds. The number of halogens is 2. The summed E-state index contributed by atoms with van der Waals surface area (Å²) in [5, 5.41) is 2.51. The highest BCUT2D eigenvalue weighted by Crippen LogP contribution is 2.28. The average Bonchev–Trinajstić information content (AvgIpc) is 3.23. The Morgan fingerprint density at radius 1 is 1.24 bits per heavy atom. The number of ether oxygens (including phenoxy) is 1. The topological polar surface area (TPSA) is 67.0 Å². The normalized spacial score (nSPS) is 17.1. The second-order valence-corrected chi connectivity index (χ2v) is 5.91. The van der Waals surface area contributed by atoms with Gasteiger partial charge in [0.15, 0.2) is 0 Å². The number of H-pyrrole nitrogens is 1. The molecule has 1 fully saturated rings. The van der Waals surface area contributed by atoms with Crippen LogP contribution in [0.25, 0.3) is 11.0 Å². The SMILES string of the molecule is O=C(Nc1ccc2nc(C3CCCO3)[nH]c2c1)c1c(F)cccc1F. The third kappa shape index (κ3) is 2.98. The van der Waals surface area contributed by atoms with Crippen LogP contribution in [0.15, 0.2) is 36.4 Å². The minimum absolute atomic E-state index is 0.0436. The maximum atomic E-state index is 13.7. The molecule has 1 aromatic heterocycles. The zero-order chi connectivity index (χ0) is 17.4. The van der Waals surface area contributed by atoms with Gasteiger partial charge in [0.25, 0.3) is 5.91 Å². The number of carbonyl (C=O) groups excluding carboxylic acids is 1. The Labute approximate surface area is 142 Å². The third-order valence-electron chi connectivity index (χ3n) is 4.18. The number of aromatic nitrogens is 2. The molecular formula is C18H15F2N3O2. The van der Waals surface area contributed by atoms with E-state index < -0.39 is 23.1 Å². The lowest BCUT2D eigenvalue weighted by atomic mass is 10.1. The number of imidazole rings is 1. The van der Waals surface area contributed by atoms with Crippen LogP contribution in [0.4, 0.5) is 14.5 Å². The van der Waals surface area contributed by atoms with Crippen molar-refractivity contribution < 1.29 is 18.3 Å². The van der Waals surface area contributed by atoms with Crippen LogP contribution in [-0.2, 0) is 4.74 Å². The highest BCUT2D eigenvalue weighted by Gasteiger charge is 2.21. The Morgan fingerprint density at radius 2 is 2.04 bits per heavy atom. The number of anilines is 1. The smallest absolute Gasteiger partial charge is 0.261 e. The summed E-state index contributed by atoms with van der Waals surface area (Å²) in [7, 11) is 0. The number of benzene rings is 2. The number of rotatable bonds is 3. The zero-order valence-corrected chi connectivity index (χ0v) is 13.2. The molecule has 0 radical (unpaired) electrons. The van der Waals surface area contributed by atoms with Crippen LogP contribution in [0.3, 0.4) is 0 Å². The highest BCUT2D eigenvalue weighted by molar-refractivity contribution is 6.05. The lowest BCUT2D eigenvalue weighted by molar-refractivity contribution is 0.101. The molecule has 5 nitrogen and oxygen atoms in total. The van der Waals surface area contributed by atoms with E-state index in [9.17, 15) is 13.6 Å². The van der Waals surface area contributed by atoms with Crippen molar-refractivity contribution >= 4 is 22.6 Å². The summed E-state index contributed by atoms with van der Waals surface area (Å²) in [4.78, 5) is 19.8. The van der Waals surface area contributed by atoms with Crippen molar-refractivity contribution in [1.29, 1.82) is 0 Å². The van der Waals surface area contributed by atoms with E-state index >= 15 is 0 Å². The van der Waals surface area contributed by atoms with Crippen molar-refractivity contribution in [3.05, 3.63) is 59.4 Å². The van der Waals surface area contributed by atoms with Crippen LogP contribution in [0.5, 0.6) is 0 Å². The molecule has 1 aliphatic heterocycles. The van der Waals surface area contributed by atoms with Crippen molar-refractivity contribution in [2.75, 3.05) is 11.9 Å². The lowest BCUT2D eigenvalue weighted by Crippen LogP contribution is -2.15. The van der Waals surface area contributed by atoms with Gasteiger partial charge in [-0.3, -0.25) is 4.79 Å². The van der Waals surface area contributed by atoms with Gasteiger partial charge in [-0.2, -0.15) is 0 Å². The zero-order valence-electron chi connectivity index (χ0n) is 13.2. The fraction of sp³-hybridized carbons (Fsp3) is 0.222. The first-order valence-corrected chi connectivity index (χ1v) is 7.98. The first kappa shape index (κ1) is 15.7. The van der Waals surface area contributed by atoms with Crippen molar-refractivity contribution in [3.63, 3.8) is 0 Å². The summed E-state index contributed by atoms with van der Waals surface area (Å²) < 4.78 is 33.0. The van der Waals surface area contributed by atoms with Crippen LogP contribution in [0.1, 0.15) is 35.1 Å². The van der Waals surface area contributed by atoms with Crippen molar-refractivity contribution in [3.8, 4) is 0 Å². The summed E-state index contributed by atoms with van der Waals surface area (Å²) in [6.45, 7) is 0.719. The number of nitrogens with zero attached hydrogens (tertiary/aromatic N) is 1. The third-order valence-corrected chi connectivity index (χ3v) is 4.18. The molecule has 3 aromatic rings. The van der Waals surface area contributed by atoms with E-state index in [-0.39, 0.29) is 6.10 Å². The number of carbonyl (C=O) groups is 1. The van der Waals surface area contributed by atoms with Gasteiger partial charge in [-0.1, -0.05) is 6.07 Å². The van der Waals surface area contributed by atoms with Crippen molar-refractivity contribution in [2.45, 2.75) is 18.9 Å². The molecule has 0 saturated carbocycles. The number of aromatic amines is 1. The minimum Gasteiger partial charge on any atom is -0.370 e. The minimum atomic E-state index is -0.902. The molecule has 2 aromatic carbocycles. The molecule has 128 valence electrons. The Balaban J connectivity index is 1.60. The van der Waals surface area contributed by atoms with E-state index in [1.54, 1.807) is 18.2 Å². The molecule has 2 N–H and O–H groups in total. The fourth-order valence-corrected chi connectivity index (χ4v) is 2.96. The van der Waals surface area contributed by atoms with Crippen LogP contribution < -0.4 is 5.32 Å². The van der Waals surface area contributed by atoms with Gasteiger partial charge in [-0.25, -0.2) is 13.8 Å². The quantitative estimate of drug-likeness (QED) is 0.757. The molecule has 2 heterocycles. The molecule has 25 heavy (non-hydrogen) atoms. The molecule has 1 atom stereocenters. The first-order valence-electron chi connectivity index (χ1n) is 7.98. The van der Waals surface area contributed by atoms with Gasteiger partial charge >= 0.3 is 0 Å². The molecular weight excluding hydrogens is 328 g/mol. The molecule has 0 bridgehead atoms. The Kier molecular flexibility index (Phi) is 3.93. The lowest BCUT2D eigenvalue weighted by Gasteiger charge is -2.07. The highest BCUT2D eigenvalue weighted by atomic mass is 19.1. The number of amides is 1. The van der Waals surface area contributed by atoms with Gasteiger partial charge < -0.3 is 15.0 Å². The molecule has 0 spiro atoms. The molecule has 4 rings (SSSR count). The van der Waals surface area contributed by atoms with Gasteiger partial charge in [0, 0.05) is 12.3 Å². The van der Waals surface area contributed by atoms with E-state index in [1.807, 2.05) is 0 Å². The van der Waals surface area contributed by atoms with Gasteiger partial charge in [0.1, 0.15) is 29.1 Å². The summed E-state index contributed by atoms with van der Waals surface area (Å²) in [5.41, 5.74) is 1.27. The Hall–Kier alpha value is -2.80. The van der Waals surface area contributed by atoms with Gasteiger partial charge in [0.2, 0.25) is 0 Å². The van der Waals surface area contributed by atoms with E-state index in [4.69, 9.17) is 4.74 Å². The molecule has 0 aliphatic carbocycles. The number of fused-ring (bicyclic) bond motifs is 1. The van der Waals surface area contributed by atoms with Crippen LogP contribution in [0, 0.1) is 11.6 Å². The van der Waals surface area contributed by atoms with E-state index in [2.05, 4.69) is 15.3 Å². The first-order chi connectivity index (χ1) is 12.1. The maximum absolute atomic E-state index is 13.7. The summed E-state index contributed by atoms with van der Waals surface area (Å²) >= 11 is 0. The van der Waals surface area contributed by atoms with Gasteiger partial charge in [-0.15, -0.1) is 0 Å². The van der Waals surface area contributed by atoms with Crippen LogP contribution >= 0.6 is 0 Å². The van der Waals surface area contributed by atoms with Gasteiger partial charge in [0.05, 0.1) is 11.0 Å². The standard InChI is InChI=1S/C18H15F2N3O2/c19-11-3-1-4-12(20)16(11)18(24)21-10-6-7-13-14(9-10)23-17(22-13)15-5-2-8-25-15/h1,3-4,6-7,9,15H,2,5,8H2,(H,21,24)(H,22,23). The number of nitrogens with one attached hydrogen (secondary N) is 2.